The molecule has 8 nitrogen and oxygen atoms in total. The van der Waals surface area contributed by atoms with Gasteiger partial charge in [0.2, 0.25) is 5.91 Å². The number of nitrogens with one attached hydrogen (secondary N) is 1. The Bertz CT molecular complexity index is 1280. The summed E-state index contributed by atoms with van der Waals surface area (Å²) in [7, 11) is 0. The van der Waals surface area contributed by atoms with E-state index in [0.29, 0.717) is 10.7 Å². The van der Waals surface area contributed by atoms with E-state index in [1.807, 2.05) is 12.1 Å². The third-order valence-electron chi connectivity index (χ3n) is 6.67. The molecule has 2 aliphatic rings. The van der Waals surface area contributed by atoms with E-state index in [1.165, 1.54) is 15.0 Å². The van der Waals surface area contributed by atoms with Crippen molar-refractivity contribution in [1.82, 2.24) is 14.0 Å². The number of halogens is 1. The van der Waals surface area contributed by atoms with Gasteiger partial charge in [-0.2, -0.15) is 4.37 Å². The quantitative estimate of drug-likeness (QED) is 0.436. The minimum absolute atomic E-state index is 0.103. The summed E-state index contributed by atoms with van der Waals surface area (Å²) in [6, 6.07) is 12.2. The summed E-state index contributed by atoms with van der Waals surface area (Å²) in [6.07, 6.45) is 1.51. The van der Waals surface area contributed by atoms with Gasteiger partial charge in [-0.1, -0.05) is 41.7 Å². The number of ether oxygens (including phenoxy) is 1. The molecule has 11 heteroatoms. The smallest absolute Gasteiger partial charge is 0.419 e. The molecule has 2 amide bonds. The molecule has 3 aromatic rings. The van der Waals surface area contributed by atoms with Gasteiger partial charge in [0.25, 0.3) is 0 Å². The van der Waals surface area contributed by atoms with E-state index in [9.17, 15) is 9.59 Å². The fourth-order valence-corrected chi connectivity index (χ4v) is 6.14. The highest BCUT2D eigenvalue weighted by molar-refractivity contribution is 7.97. The molecule has 3 heterocycles. The van der Waals surface area contributed by atoms with E-state index in [4.69, 9.17) is 20.7 Å². The molecule has 190 valence electrons. The highest BCUT2D eigenvalue weighted by Crippen LogP contribution is 2.36. The maximum atomic E-state index is 12.7. The molecule has 2 aliphatic heterocycles. The van der Waals surface area contributed by atoms with Gasteiger partial charge in [0.1, 0.15) is 5.82 Å². The zero-order chi connectivity index (χ0) is 25.2. The summed E-state index contributed by atoms with van der Waals surface area (Å²) in [5.74, 6) is 0.989. The van der Waals surface area contributed by atoms with E-state index >= 15 is 0 Å². The second-order valence-electron chi connectivity index (χ2n) is 8.90. The summed E-state index contributed by atoms with van der Waals surface area (Å²) < 4.78 is 13.8. The van der Waals surface area contributed by atoms with Gasteiger partial charge in [-0.15, -0.1) is 0 Å². The molecule has 0 bridgehead atoms. The average molecular weight is 546 g/mol. The lowest BCUT2D eigenvalue weighted by molar-refractivity contribution is -0.119. The van der Waals surface area contributed by atoms with Crippen LogP contribution in [0.3, 0.4) is 0 Å². The number of carbonyl (C=O) groups is 2. The minimum atomic E-state index is -0.723. The highest BCUT2D eigenvalue weighted by Gasteiger charge is 2.34. The molecule has 0 aliphatic carbocycles. The van der Waals surface area contributed by atoms with E-state index in [2.05, 4.69) is 38.8 Å². The van der Waals surface area contributed by atoms with Crippen molar-refractivity contribution in [2.24, 2.45) is 0 Å². The predicted octanol–water partition coefficient (Wildman–Crippen LogP) is 4.55. The third-order valence-corrected chi connectivity index (χ3v) is 8.21. The fraction of sp³-hybridized carbons (Fsp3) is 0.400. The topological polar surface area (TPSA) is 78.0 Å². The van der Waals surface area contributed by atoms with Gasteiger partial charge >= 0.3 is 6.09 Å². The Balaban J connectivity index is 1.19. The Hall–Kier alpha value is -2.53. The zero-order valence-electron chi connectivity index (χ0n) is 20.2. The third kappa shape index (κ3) is 5.13. The Kier molecular flexibility index (Phi) is 7.57. The summed E-state index contributed by atoms with van der Waals surface area (Å²) in [5, 5.41) is 1.86. The lowest BCUT2D eigenvalue weighted by atomic mass is 10.1. The summed E-state index contributed by atoms with van der Waals surface area (Å²) in [5.41, 5.74) is 2.66. The molecule has 1 N–H and O–H groups in total. The van der Waals surface area contributed by atoms with Crippen molar-refractivity contribution in [3.05, 3.63) is 52.5 Å². The van der Waals surface area contributed by atoms with Gasteiger partial charge in [-0.25, -0.2) is 4.79 Å². The molecule has 1 atom stereocenters. The van der Waals surface area contributed by atoms with E-state index < -0.39 is 12.3 Å². The van der Waals surface area contributed by atoms with Crippen molar-refractivity contribution in [3.63, 3.8) is 0 Å². The largest absolute Gasteiger partial charge is 0.425 e. The van der Waals surface area contributed by atoms with Crippen molar-refractivity contribution in [2.45, 2.75) is 26.0 Å². The van der Waals surface area contributed by atoms with Crippen LogP contribution in [0.4, 0.5) is 16.3 Å². The number of rotatable bonds is 7. The summed E-state index contributed by atoms with van der Waals surface area (Å²) in [4.78, 5) is 30.8. The van der Waals surface area contributed by atoms with Crippen LogP contribution in [0.25, 0.3) is 10.1 Å². The first kappa shape index (κ1) is 25.1. The van der Waals surface area contributed by atoms with Gasteiger partial charge in [0.05, 0.1) is 16.8 Å². The average Bonchev–Trinajstić information content (AvgIpc) is 3.43. The number of aromatic nitrogens is 1. The first-order chi connectivity index (χ1) is 17.4. The second-order valence-corrected chi connectivity index (χ2v) is 10.7. The molecule has 36 heavy (non-hydrogen) atoms. The van der Waals surface area contributed by atoms with Gasteiger partial charge in [0.15, 0.2) is 6.23 Å². The molecular weight excluding hydrogens is 518 g/mol. The SMILES string of the molecule is CSNC(=O)OC(C)N1C(=O)Cc2cc(CCN3CCN(c4nsc5ccccc45)CC3)c(Cl)cc21. The molecule has 1 unspecified atom stereocenters. The Morgan fingerprint density at radius 3 is 2.81 bits per heavy atom. The summed E-state index contributed by atoms with van der Waals surface area (Å²) >= 11 is 9.35. The van der Waals surface area contributed by atoms with Crippen LogP contribution >= 0.6 is 35.1 Å². The monoisotopic (exact) mass is 545 g/mol. The van der Waals surface area contributed by atoms with Crippen molar-refractivity contribution >= 4 is 68.7 Å². The number of carbonyl (C=O) groups excluding carboxylic acids is 2. The number of benzene rings is 2. The van der Waals surface area contributed by atoms with Crippen LogP contribution in [0.2, 0.25) is 5.02 Å². The maximum Gasteiger partial charge on any atom is 0.419 e. The van der Waals surface area contributed by atoms with Gasteiger partial charge in [-0.05, 0) is 54.2 Å². The molecule has 0 saturated carbocycles. The minimum Gasteiger partial charge on any atom is -0.425 e. The number of hydrogen-bond acceptors (Lipinski definition) is 8. The molecule has 1 aromatic heterocycles. The zero-order valence-corrected chi connectivity index (χ0v) is 22.6. The van der Waals surface area contributed by atoms with Gasteiger partial charge in [0, 0.05) is 49.4 Å². The van der Waals surface area contributed by atoms with Crippen molar-refractivity contribution in [3.8, 4) is 0 Å². The van der Waals surface area contributed by atoms with Crippen LogP contribution in [0, 0.1) is 0 Å². The number of nitrogens with zero attached hydrogens (tertiary/aromatic N) is 4. The van der Waals surface area contributed by atoms with Crippen molar-refractivity contribution in [1.29, 1.82) is 0 Å². The van der Waals surface area contributed by atoms with Crippen LogP contribution in [0.15, 0.2) is 36.4 Å². The van der Waals surface area contributed by atoms with Crippen molar-refractivity contribution < 1.29 is 14.3 Å². The van der Waals surface area contributed by atoms with Crippen LogP contribution in [0.5, 0.6) is 0 Å². The Labute approximate surface area is 223 Å². The van der Waals surface area contributed by atoms with E-state index in [1.54, 1.807) is 24.7 Å². The molecule has 2 aromatic carbocycles. The highest BCUT2D eigenvalue weighted by atomic mass is 35.5. The summed E-state index contributed by atoms with van der Waals surface area (Å²) in [6.45, 7) is 6.40. The Morgan fingerprint density at radius 1 is 1.25 bits per heavy atom. The maximum absolute atomic E-state index is 12.7. The van der Waals surface area contributed by atoms with Crippen LogP contribution in [-0.4, -0.2) is 66.5 Å². The first-order valence-corrected chi connectivity index (χ1v) is 14.3. The second kappa shape index (κ2) is 10.8. The molecule has 0 spiro atoms. The standard InChI is InChI=1S/C25H28ClN5O3S2/c1-16(34-25(33)28-35-2)31-21-15-20(26)17(13-18(21)14-23(31)32)7-8-29-9-11-30(12-10-29)24-19-5-3-4-6-22(19)36-27-24/h3-6,13,15-16H,7-12,14H2,1-2H3,(H,28,33). The van der Waals surface area contributed by atoms with Crippen LogP contribution in [0.1, 0.15) is 18.1 Å². The van der Waals surface area contributed by atoms with Crippen molar-refractivity contribution in [2.75, 3.05) is 48.8 Å². The lowest BCUT2D eigenvalue weighted by Gasteiger charge is -2.35. The number of fused-ring (bicyclic) bond motifs is 2. The van der Waals surface area contributed by atoms with E-state index in [0.717, 1.165) is 68.0 Å². The molecule has 1 saturated heterocycles. The lowest BCUT2D eigenvalue weighted by Crippen LogP contribution is -2.47. The number of anilines is 2. The first-order valence-electron chi connectivity index (χ1n) is 11.9. The number of amides is 2. The van der Waals surface area contributed by atoms with Gasteiger partial charge < -0.3 is 9.64 Å². The van der Waals surface area contributed by atoms with Gasteiger partial charge in [-0.3, -0.25) is 19.3 Å². The number of hydrogen-bond donors (Lipinski definition) is 1. The van der Waals surface area contributed by atoms with E-state index in [-0.39, 0.29) is 12.3 Å². The molecule has 1 fully saturated rings. The number of piperazine rings is 1. The molecular formula is C25H28ClN5O3S2. The van der Waals surface area contributed by atoms with Crippen LogP contribution in [-0.2, 0) is 22.4 Å². The van der Waals surface area contributed by atoms with Crippen LogP contribution < -0.4 is 14.5 Å². The fourth-order valence-electron chi connectivity index (χ4n) is 4.87. The normalized spacial score (nSPS) is 16.9. The predicted molar refractivity (Wildman–Crippen MR) is 147 cm³/mol. The molecule has 5 rings (SSSR count). The Morgan fingerprint density at radius 2 is 2.03 bits per heavy atom. The molecule has 0 radical (unpaired) electrons.